The highest BCUT2D eigenvalue weighted by atomic mass is 35.5. The minimum atomic E-state index is -3.15. The van der Waals surface area contributed by atoms with Crippen molar-refractivity contribution in [1.82, 2.24) is 14.3 Å². The first-order chi connectivity index (χ1) is 9.38. The Hall–Kier alpha value is -1.12. The molecule has 0 unspecified atom stereocenters. The van der Waals surface area contributed by atoms with E-state index in [-0.39, 0.29) is 6.01 Å². The number of sulfonamides is 1. The van der Waals surface area contributed by atoms with Crippen LogP contribution in [-0.4, -0.2) is 55.7 Å². The lowest BCUT2D eigenvalue weighted by Crippen LogP contribution is -2.31. The van der Waals surface area contributed by atoms with Crippen molar-refractivity contribution in [3.8, 4) is 6.01 Å². The largest absolute Gasteiger partial charge is 0.467 e. The van der Waals surface area contributed by atoms with E-state index in [4.69, 9.17) is 16.3 Å². The zero-order valence-electron chi connectivity index (χ0n) is 11.8. The zero-order chi connectivity index (χ0) is 15.2. The molecule has 9 heteroatoms. The summed E-state index contributed by atoms with van der Waals surface area (Å²) in [5, 5.41) is 3.42. The summed E-state index contributed by atoms with van der Waals surface area (Å²) in [6.07, 6.45) is 3.30. The maximum Gasteiger partial charge on any atom is 0.318 e. The molecule has 0 aromatic carbocycles. The lowest BCUT2D eigenvalue weighted by Gasteiger charge is -2.17. The van der Waals surface area contributed by atoms with Crippen LogP contribution in [0.3, 0.4) is 0 Å². The summed E-state index contributed by atoms with van der Waals surface area (Å²) in [4.78, 5) is 7.93. The monoisotopic (exact) mass is 322 g/mol. The molecule has 0 aliphatic rings. The van der Waals surface area contributed by atoms with Gasteiger partial charge in [0.1, 0.15) is 5.02 Å². The second kappa shape index (κ2) is 7.61. The molecule has 0 amide bonds. The van der Waals surface area contributed by atoms with Crippen LogP contribution in [0, 0.1) is 0 Å². The van der Waals surface area contributed by atoms with Crippen molar-refractivity contribution < 1.29 is 13.2 Å². The highest BCUT2D eigenvalue weighted by molar-refractivity contribution is 7.88. The molecule has 0 fully saturated rings. The third-order valence-corrected chi connectivity index (χ3v) is 4.26. The number of nitrogens with one attached hydrogen (secondary N) is 1. The molecule has 0 spiro atoms. The summed E-state index contributed by atoms with van der Waals surface area (Å²) in [5.74, 6) is 0.473. The van der Waals surface area contributed by atoms with Gasteiger partial charge < -0.3 is 10.1 Å². The van der Waals surface area contributed by atoms with E-state index in [1.54, 1.807) is 6.92 Å². The summed E-state index contributed by atoms with van der Waals surface area (Å²) in [6.45, 7) is 3.26. The van der Waals surface area contributed by atoms with Crippen molar-refractivity contribution >= 4 is 27.4 Å². The van der Waals surface area contributed by atoms with Gasteiger partial charge in [0.2, 0.25) is 10.0 Å². The van der Waals surface area contributed by atoms with Gasteiger partial charge in [0.05, 0.1) is 19.6 Å². The van der Waals surface area contributed by atoms with Gasteiger partial charge in [0.25, 0.3) is 0 Å². The first kappa shape index (κ1) is 16.9. The molecule has 0 saturated carbocycles. The predicted octanol–water partition coefficient (Wildman–Crippen LogP) is 1.22. The first-order valence-corrected chi connectivity index (χ1v) is 8.36. The fourth-order valence-electron chi connectivity index (χ4n) is 1.59. The minimum absolute atomic E-state index is 0.225. The van der Waals surface area contributed by atoms with E-state index in [2.05, 4.69) is 15.3 Å². The number of anilines is 1. The molecule has 1 aromatic heterocycles. The highest BCUT2D eigenvalue weighted by Gasteiger charge is 2.13. The van der Waals surface area contributed by atoms with Crippen LogP contribution in [0.2, 0.25) is 5.02 Å². The Bertz CT molecular complexity index is 538. The third kappa shape index (κ3) is 5.10. The molecular formula is C11H19ClN4O3S. The van der Waals surface area contributed by atoms with Crippen LogP contribution in [0.4, 0.5) is 5.82 Å². The molecule has 1 N–H and O–H groups in total. The smallest absolute Gasteiger partial charge is 0.318 e. The summed E-state index contributed by atoms with van der Waals surface area (Å²) in [5.41, 5.74) is 0. The van der Waals surface area contributed by atoms with E-state index in [1.165, 1.54) is 23.9 Å². The number of hydrogen-bond donors (Lipinski definition) is 1. The van der Waals surface area contributed by atoms with Crippen LogP contribution in [0.1, 0.15) is 13.3 Å². The van der Waals surface area contributed by atoms with Crippen LogP contribution < -0.4 is 10.1 Å². The van der Waals surface area contributed by atoms with Crippen LogP contribution in [0.15, 0.2) is 6.20 Å². The molecule has 20 heavy (non-hydrogen) atoms. The van der Waals surface area contributed by atoms with E-state index in [1.807, 2.05) is 0 Å². The van der Waals surface area contributed by atoms with Crippen LogP contribution in [0.5, 0.6) is 6.01 Å². The lowest BCUT2D eigenvalue weighted by atomic mass is 10.4. The number of hydrogen-bond acceptors (Lipinski definition) is 6. The van der Waals surface area contributed by atoms with Gasteiger partial charge in [-0.25, -0.2) is 17.7 Å². The normalized spacial score (nSPS) is 11.7. The van der Waals surface area contributed by atoms with Crippen molar-refractivity contribution in [3.63, 3.8) is 0 Å². The van der Waals surface area contributed by atoms with Crippen LogP contribution in [-0.2, 0) is 10.0 Å². The molecule has 1 rings (SSSR count). The maximum absolute atomic E-state index is 11.4. The Morgan fingerprint density at radius 3 is 2.75 bits per heavy atom. The molecule has 0 aliphatic heterocycles. The summed E-state index contributed by atoms with van der Waals surface area (Å²) >= 11 is 5.95. The molecule has 1 aromatic rings. The Kier molecular flexibility index (Phi) is 6.44. The zero-order valence-corrected chi connectivity index (χ0v) is 13.3. The first-order valence-electron chi connectivity index (χ1n) is 6.14. The Balaban J connectivity index is 2.49. The van der Waals surface area contributed by atoms with Crippen LogP contribution >= 0.6 is 11.6 Å². The Morgan fingerprint density at radius 1 is 1.50 bits per heavy atom. The van der Waals surface area contributed by atoms with Crippen molar-refractivity contribution in [2.45, 2.75) is 13.3 Å². The average molecular weight is 323 g/mol. The van der Waals surface area contributed by atoms with Crippen molar-refractivity contribution in [3.05, 3.63) is 11.2 Å². The molecule has 1 heterocycles. The van der Waals surface area contributed by atoms with Gasteiger partial charge in [-0.15, -0.1) is 0 Å². The van der Waals surface area contributed by atoms with Gasteiger partial charge in [0.15, 0.2) is 5.82 Å². The maximum atomic E-state index is 11.4. The van der Waals surface area contributed by atoms with Gasteiger partial charge in [-0.3, -0.25) is 0 Å². The van der Waals surface area contributed by atoms with E-state index < -0.39 is 10.0 Å². The quantitative estimate of drug-likeness (QED) is 0.724. The summed E-state index contributed by atoms with van der Waals surface area (Å²) < 4.78 is 29.1. The Morgan fingerprint density at radius 2 is 2.20 bits per heavy atom. The second-order valence-corrected chi connectivity index (χ2v) is 6.48. The number of ether oxygens (including phenoxy) is 1. The average Bonchev–Trinajstić information content (AvgIpc) is 2.39. The number of methoxy groups -OCH3 is 1. The fraction of sp³-hybridized carbons (Fsp3) is 0.636. The molecular weight excluding hydrogens is 304 g/mol. The van der Waals surface area contributed by atoms with Crippen molar-refractivity contribution in [2.75, 3.05) is 38.3 Å². The number of halogens is 1. The molecule has 0 bridgehead atoms. The molecule has 114 valence electrons. The molecule has 0 atom stereocenters. The Labute approximate surface area is 124 Å². The fourth-order valence-corrected chi connectivity index (χ4v) is 2.68. The number of rotatable bonds is 8. The van der Waals surface area contributed by atoms with Gasteiger partial charge in [-0.1, -0.05) is 18.5 Å². The van der Waals surface area contributed by atoms with E-state index in [0.29, 0.717) is 36.9 Å². The van der Waals surface area contributed by atoms with Crippen molar-refractivity contribution in [2.24, 2.45) is 0 Å². The molecule has 7 nitrogen and oxygen atoms in total. The standard InChI is InChI=1S/C11H19ClN4O3S/c1-4-16(20(3,17)18)7-5-6-13-10-9(12)8-14-11(15-10)19-2/h8H,4-7H2,1-3H3,(H,13,14,15). The molecule has 0 radical (unpaired) electrons. The van der Waals surface area contributed by atoms with Gasteiger partial charge in [0, 0.05) is 19.6 Å². The highest BCUT2D eigenvalue weighted by Crippen LogP contribution is 2.19. The summed E-state index contributed by atoms with van der Waals surface area (Å²) in [7, 11) is -1.67. The molecule has 0 saturated heterocycles. The van der Waals surface area contributed by atoms with Crippen molar-refractivity contribution in [1.29, 1.82) is 0 Å². The summed E-state index contributed by atoms with van der Waals surface area (Å²) in [6, 6.07) is 0.225. The lowest BCUT2D eigenvalue weighted by molar-refractivity contribution is 0.380. The van der Waals surface area contributed by atoms with Gasteiger partial charge in [-0.05, 0) is 6.42 Å². The van der Waals surface area contributed by atoms with Gasteiger partial charge in [-0.2, -0.15) is 4.98 Å². The topological polar surface area (TPSA) is 84.4 Å². The van der Waals surface area contributed by atoms with Gasteiger partial charge >= 0.3 is 6.01 Å². The predicted molar refractivity (Wildman–Crippen MR) is 78.8 cm³/mol. The second-order valence-electron chi connectivity index (χ2n) is 4.09. The minimum Gasteiger partial charge on any atom is -0.467 e. The van der Waals surface area contributed by atoms with E-state index in [9.17, 15) is 8.42 Å². The SMILES string of the molecule is CCN(CCCNc1nc(OC)ncc1Cl)S(C)(=O)=O. The number of aromatic nitrogens is 2. The van der Waals surface area contributed by atoms with E-state index >= 15 is 0 Å². The van der Waals surface area contributed by atoms with Crippen LogP contribution in [0.25, 0.3) is 0 Å². The molecule has 0 aliphatic carbocycles. The van der Waals surface area contributed by atoms with E-state index in [0.717, 1.165) is 0 Å². The number of nitrogens with zero attached hydrogens (tertiary/aromatic N) is 3. The third-order valence-electron chi connectivity index (χ3n) is 2.60.